The van der Waals surface area contributed by atoms with E-state index in [0.717, 1.165) is 10.6 Å². The normalized spacial score (nSPS) is 10.5. The van der Waals surface area contributed by atoms with Crippen molar-refractivity contribution in [1.29, 1.82) is 0 Å². The number of halogens is 1. The van der Waals surface area contributed by atoms with E-state index < -0.39 is 0 Å². The summed E-state index contributed by atoms with van der Waals surface area (Å²) in [4.78, 5) is 19.1. The van der Waals surface area contributed by atoms with Gasteiger partial charge in [-0.1, -0.05) is 11.6 Å². The van der Waals surface area contributed by atoms with Crippen molar-refractivity contribution in [1.82, 2.24) is 9.88 Å². The van der Waals surface area contributed by atoms with Crippen LogP contribution in [0.4, 0.5) is 5.69 Å². The van der Waals surface area contributed by atoms with Gasteiger partial charge in [0.25, 0.3) is 5.91 Å². The van der Waals surface area contributed by atoms with E-state index in [1.54, 1.807) is 47.0 Å². The lowest BCUT2D eigenvalue weighted by molar-refractivity contribution is 0.0786. The Hall–Kier alpha value is -1.59. The number of nitrogens with two attached hydrogens (primary N) is 1. The van der Waals surface area contributed by atoms with Crippen LogP contribution in [0.2, 0.25) is 5.02 Å². The lowest BCUT2D eigenvalue weighted by atomic mass is 10.2. The van der Waals surface area contributed by atoms with Crippen molar-refractivity contribution in [2.75, 3.05) is 12.8 Å². The molecule has 0 aliphatic rings. The first kappa shape index (κ1) is 13.8. The summed E-state index contributed by atoms with van der Waals surface area (Å²) in [5.41, 5.74) is 9.37. The van der Waals surface area contributed by atoms with E-state index >= 15 is 0 Å². The van der Waals surface area contributed by atoms with Gasteiger partial charge in [0.2, 0.25) is 0 Å². The highest BCUT2D eigenvalue weighted by Gasteiger charge is 2.15. The van der Waals surface area contributed by atoms with Gasteiger partial charge in [0, 0.05) is 17.5 Å². The molecule has 2 rings (SSSR count). The Balaban J connectivity index is 2.15. The first-order chi connectivity index (χ1) is 8.99. The molecule has 0 saturated heterocycles. The van der Waals surface area contributed by atoms with Crippen molar-refractivity contribution in [3.8, 4) is 0 Å². The Morgan fingerprint density at radius 3 is 2.84 bits per heavy atom. The third-order valence-corrected chi connectivity index (χ3v) is 4.07. The minimum atomic E-state index is -0.0882. The molecule has 0 aliphatic carbocycles. The third-order valence-electron chi connectivity index (χ3n) is 2.82. The first-order valence-electron chi connectivity index (χ1n) is 5.68. The molecular formula is C13H14ClN3OS. The van der Waals surface area contributed by atoms with E-state index in [2.05, 4.69) is 4.98 Å². The molecule has 0 fully saturated rings. The van der Waals surface area contributed by atoms with E-state index in [0.29, 0.717) is 22.8 Å². The number of anilines is 1. The molecule has 2 aromatic rings. The molecule has 6 heteroatoms. The van der Waals surface area contributed by atoms with Crippen LogP contribution in [-0.4, -0.2) is 22.8 Å². The molecule has 1 aromatic carbocycles. The Kier molecular flexibility index (Phi) is 4.07. The molecule has 1 heterocycles. The summed E-state index contributed by atoms with van der Waals surface area (Å²) < 4.78 is 0. The molecule has 1 aromatic heterocycles. The number of carbonyl (C=O) groups excluding carboxylic acids is 1. The van der Waals surface area contributed by atoms with Gasteiger partial charge in [-0.2, -0.15) is 0 Å². The van der Waals surface area contributed by atoms with Crippen molar-refractivity contribution in [2.45, 2.75) is 13.5 Å². The lowest BCUT2D eigenvalue weighted by Gasteiger charge is -2.17. The van der Waals surface area contributed by atoms with Gasteiger partial charge in [-0.05, 0) is 25.1 Å². The summed E-state index contributed by atoms with van der Waals surface area (Å²) in [6, 6.07) is 4.91. The molecule has 0 aliphatic heterocycles. The van der Waals surface area contributed by atoms with Crippen LogP contribution in [0.15, 0.2) is 23.7 Å². The van der Waals surface area contributed by atoms with Crippen LogP contribution in [0.25, 0.3) is 0 Å². The minimum absolute atomic E-state index is 0.0882. The second kappa shape index (κ2) is 5.59. The van der Waals surface area contributed by atoms with Gasteiger partial charge >= 0.3 is 0 Å². The number of hydrogen-bond donors (Lipinski definition) is 1. The number of aromatic nitrogens is 1. The Morgan fingerprint density at radius 2 is 2.26 bits per heavy atom. The van der Waals surface area contributed by atoms with E-state index in [4.69, 9.17) is 17.3 Å². The molecule has 1 amide bonds. The van der Waals surface area contributed by atoms with Crippen LogP contribution in [0.3, 0.4) is 0 Å². The maximum absolute atomic E-state index is 12.3. The molecule has 19 heavy (non-hydrogen) atoms. The first-order valence-corrected chi connectivity index (χ1v) is 6.94. The summed E-state index contributed by atoms with van der Waals surface area (Å²) in [5.74, 6) is -0.0882. The molecule has 2 N–H and O–H groups in total. The van der Waals surface area contributed by atoms with Gasteiger partial charge in [0.15, 0.2) is 0 Å². The van der Waals surface area contributed by atoms with Crippen LogP contribution in [0, 0.1) is 6.92 Å². The largest absolute Gasteiger partial charge is 0.398 e. The number of nitrogen functional groups attached to an aromatic ring is 1. The van der Waals surface area contributed by atoms with Crippen LogP contribution < -0.4 is 5.73 Å². The monoisotopic (exact) mass is 295 g/mol. The summed E-state index contributed by atoms with van der Waals surface area (Å²) in [5, 5.41) is 0.397. The van der Waals surface area contributed by atoms with Crippen LogP contribution in [0.5, 0.6) is 0 Å². The molecule has 0 spiro atoms. The standard InChI is InChI=1S/C13H14ClN3OS/c1-8-12(19-7-16-8)6-17(2)13(18)9-3-4-11(15)10(14)5-9/h3-5,7H,6,15H2,1-2H3. The van der Waals surface area contributed by atoms with Gasteiger partial charge in [-0.15, -0.1) is 11.3 Å². The Morgan fingerprint density at radius 1 is 1.53 bits per heavy atom. The average Bonchev–Trinajstić information content (AvgIpc) is 2.77. The zero-order chi connectivity index (χ0) is 14.0. The predicted octanol–water partition coefficient (Wildman–Crippen LogP) is 2.96. The van der Waals surface area contributed by atoms with Gasteiger partial charge in [-0.3, -0.25) is 4.79 Å². The van der Waals surface area contributed by atoms with E-state index in [9.17, 15) is 4.79 Å². The second-order valence-corrected chi connectivity index (χ2v) is 5.60. The van der Waals surface area contributed by atoms with Crippen LogP contribution >= 0.6 is 22.9 Å². The SMILES string of the molecule is Cc1ncsc1CN(C)C(=O)c1ccc(N)c(Cl)c1. The lowest BCUT2D eigenvalue weighted by Crippen LogP contribution is -2.26. The average molecular weight is 296 g/mol. The highest BCUT2D eigenvalue weighted by Crippen LogP contribution is 2.21. The molecule has 0 unspecified atom stereocenters. The zero-order valence-electron chi connectivity index (χ0n) is 10.7. The molecule has 100 valence electrons. The quantitative estimate of drug-likeness (QED) is 0.886. The van der Waals surface area contributed by atoms with Crippen molar-refractivity contribution < 1.29 is 4.79 Å². The van der Waals surface area contributed by atoms with Gasteiger partial charge < -0.3 is 10.6 Å². The Bertz CT molecular complexity index is 612. The van der Waals surface area contributed by atoms with Crippen molar-refractivity contribution in [3.63, 3.8) is 0 Å². The predicted molar refractivity (Wildman–Crippen MR) is 78.5 cm³/mol. The smallest absolute Gasteiger partial charge is 0.253 e. The van der Waals surface area contributed by atoms with E-state index in [1.165, 1.54) is 0 Å². The number of aryl methyl sites for hydroxylation is 1. The van der Waals surface area contributed by atoms with E-state index in [-0.39, 0.29) is 5.91 Å². The maximum Gasteiger partial charge on any atom is 0.253 e. The number of rotatable bonds is 3. The van der Waals surface area contributed by atoms with Crippen LogP contribution in [-0.2, 0) is 6.54 Å². The fraction of sp³-hybridized carbons (Fsp3) is 0.231. The number of thiazole rings is 1. The summed E-state index contributed by atoms with van der Waals surface area (Å²) in [6.45, 7) is 2.47. The van der Waals surface area contributed by atoms with E-state index in [1.807, 2.05) is 6.92 Å². The van der Waals surface area contributed by atoms with Gasteiger partial charge in [0.1, 0.15) is 0 Å². The number of benzene rings is 1. The number of amides is 1. The van der Waals surface area contributed by atoms with Crippen molar-refractivity contribution >= 4 is 34.5 Å². The molecule has 0 saturated carbocycles. The maximum atomic E-state index is 12.3. The number of hydrogen-bond acceptors (Lipinski definition) is 4. The topological polar surface area (TPSA) is 59.2 Å². The summed E-state index contributed by atoms with van der Waals surface area (Å²) >= 11 is 7.47. The molecule has 0 bridgehead atoms. The molecule has 4 nitrogen and oxygen atoms in total. The molecular weight excluding hydrogens is 282 g/mol. The summed E-state index contributed by atoms with van der Waals surface area (Å²) in [7, 11) is 1.76. The number of carbonyl (C=O) groups is 1. The molecule has 0 radical (unpaired) electrons. The van der Waals surface area contributed by atoms with Gasteiger partial charge in [-0.25, -0.2) is 4.98 Å². The second-order valence-electron chi connectivity index (χ2n) is 4.26. The summed E-state index contributed by atoms with van der Waals surface area (Å²) in [6.07, 6.45) is 0. The van der Waals surface area contributed by atoms with Crippen LogP contribution in [0.1, 0.15) is 20.9 Å². The Labute approximate surface area is 120 Å². The van der Waals surface area contributed by atoms with Crippen molar-refractivity contribution in [3.05, 3.63) is 44.9 Å². The third kappa shape index (κ3) is 3.05. The zero-order valence-corrected chi connectivity index (χ0v) is 12.3. The highest BCUT2D eigenvalue weighted by molar-refractivity contribution is 7.09. The fourth-order valence-electron chi connectivity index (χ4n) is 1.65. The minimum Gasteiger partial charge on any atom is -0.398 e. The van der Waals surface area contributed by atoms with Gasteiger partial charge in [0.05, 0.1) is 28.5 Å². The fourth-order valence-corrected chi connectivity index (χ4v) is 2.66. The van der Waals surface area contributed by atoms with Crippen molar-refractivity contribution in [2.24, 2.45) is 0 Å². The highest BCUT2D eigenvalue weighted by atomic mass is 35.5. The molecule has 0 atom stereocenters. The number of nitrogens with zero attached hydrogens (tertiary/aromatic N) is 2.